The molecule has 2 aliphatic carbocycles. The molecule has 2 aromatic rings. The van der Waals surface area contributed by atoms with Crippen molar-refractivity contribution in [2.75, 3.05) is 45.9 Å². The van der Waals surface area contributed by atoms with Gasteiger partial charge >= 0.3 is 6.09 Å². The molecule has 11 nitrogen and oxygen atoms in total. The minimum absolute atomic E-state index is 0.0563. The smallest absolute Gasteiger partial charge is 0.409 e. The summed E-state index contributed by atoms with van der Waals surface area (Å²) in [5, 5.41) is 0. The number of nitrogens with two attached hydrogens (primary N) is 1. The summed E-state index contributed by atoms with van der Waals surface area (Å²) in [6.45, 7) is 12.3. The lowest BCUT2D eigenvalue weighted by atomic mass is 9.86. The number of hydrogen-bond donors (Lipinski definition) is 1. The van der Waals surface area contributed by atoms with E-state index in [9.17, 15) is 9.59 Å². The van der Waals surface area contributed by atoms with Crippen LogP contribution in [0.3, 0.4) is 0 Å². The van der Waals surface area contributed by atoms with E-state index in [2.05, 4.69) is 32.7 Å². The molecule has 3 heterocycles. The number of methoxy groups -OCH3 is 2. The summed E-state index contributed by atoms with van der Waals surface area (Å²) >= 11 is 0. The van der Waals surface area contributed by atoms with Gasteiger partial charge in [-0.05, 0) is 103 Å². The van der Waals surface area contributed by atoms with Crippen molar-refractivity contribution in [3.05, 3.63) is 53.6 Å². The minimum atomic E-state index is -0.233. The lowest BCUT2D eigenvalue weighted by Crippen LogP contribution is -2.46. The third-order valence-electron chi connectivity index (χ3n) is 10.4. The number of carbonyl (C=O) groups excluding carboxylic acids is 2. The SMILES string of the molecule is CC(C)N=C/C(=C\N)c1ccnc(N(C)C(=O)C2CCCCC2)c1.CCOC1(C)CCN(C(=O)OC)CC1.COc1ccc(C2CCCCC2)nc1C. The van der Waals surface area contributed by atoms with Crippen LogP contribution in [0.15, 0.2) is 41.7 Å². The van der Waals surface area contributed by atoms with E-state index >= 15 is 0 Å². The second kappa shape index (κ2) is 22.3. The summed E-state index contributed by atoms with van der Waals surface area (Å²) in [6, 6.07) is 8.16. The highest BCUT2D eigenvalue weighted by molar-refractivity contribution is 6.10. The van der Waals surface area contributed by atoms with Crippen LogP contribution in [0.1, 0.15) is 128 Å². The van der Waals surface area contributed by atoms with E-state index in [0.29, 0.717) is 11.7 Å². The number of aromatic nitrogens is 2. The Kier molecular flexibility index (Phi) is 18.2. The molecule has 0 aromatic carbocycles. The van der Waals surface area contributed by atoms with Gasteiger partial charge in [-0.1, -0.05) is 38.5 Å². The van der Waals surface area contributed by atoms with Gasteiger partial charge < -0.3 is 24.8 Å². The lowest BCUT2D eigenvalue weighted by molar-refractivity contribution is -0.123. The first kappa shape index (κ1) is 43.4. The first-order valence-electron chi connectivity index (χ1n) is 19.6. The number of anilines is 1. The lowest BCUT2D eigenvalue weighted by Gasteiger charge is -2.38. The molecule has 11 heteroatoms. The summed E-state index contributed by atoms with van der Waals surface area (Å²) in [4.78, 5) is 40.7. The standard InChI is InChI=1S/C19H28N4O.C13H19NO.C10H19NO3/c1-14(2)22-13-17(12-20)16-9-10-21-18(11-16)23(3)19(24)15-7-5-4-6-8-15;1-10-13(15-2)9-8-12(14-10)11-6-4-3-5-7-11;1-4-14-10(2)5-7-11(8-6-10)9(12)13-3/h9-15H,4-8,20H2,1-3H3;8-9,11H,3-7H2,1-2H3;4-8H2,1-3H3/b17-12+,22-13?;;. The number of rotatable bonds is 9. The largest absolute Gasteiger partial charge is 0.495 e. The van der Waals surface area contributed by atoms with Crippen molar-refractivity contribution >= 4 is 29.6 Å². The number of aryl methyl sites for hydroxylation is 1. The van der Waals surface area contributed by atoms with Gasteiger partial charge in [0, 0.05) is 74.5 Å². The number of nitrogens with zero attached hydrogens (tertiary/aromatic N) is 5. The molecule has 2 amide bonds. The van der Waals surface area contributed by atoms with Crippen molar-refractivity contribution in [2.45, 2.75) is 129 Å². The van der Waals surface area contributed by atoms with Crippen LogP contribution in [-0.2, 0) is 14.3 Å². The zero-order valence-corrected chi connectivity index (χ0v) is 33.7. The molecule has 0 radical (unpaired) electrons. The fourth-order valence-electron chi connectivity index (χ4n) is 7.15. The quantitative estimate of drug-likeness (QED) is 0.254. The van der Waals surface area contributed by atoms with Crippen LogP contribution in [0.25, 0.3) is 5.57 Å². The third kappa shape index (κ3) is 13.7. The Morgan fingerprint density at radius 1 is 1.04 bits per heavy atom. The molecule has 0 spiro atoms. The fraction of sp³-hybridized carbons (Fsp3) is 0.643. The van der Waals surface area contributed by atoms with Crippen LogP contribution in [0.2, 0.25) is 0 Å². The zero-order valence-electron chi connectivity index (χ0n) is 33.7. The maximum Gasteiger partial charge on any atom is 0.409 e. The number of ether oxygens (including phenoxy) is 3. The molecule has 0 atom stereocenters. The van der Waals surface area contributed by atoms with Crippen molar-refractivity contribution in [2.24, 2.45) is 16.6 Å². The molecule has 2 N–H and O–H groups in total. The molecule has 2 saturated carbocycles. The molecule has 3 fully saturated rings. The van der Waals surface area contributed by atoms with Crippen molar-refractivity contribution in [3.8, 4) is 5.75 Å². The Morgan fingerprint density at radius 2 is 1.68 bits per heavy atom. The average molecular weight is 735 g/mol. The molecule has 53 heavy (non-hydrogen) atoms. The summed E-state index contributed by atoms with van der Waals surface area (Å²) in [5.41, 5.74) is 9.69. The topological polar surface area (TPSA) is 132 Å². The highest BCUT2D eigenvalue weighted by Crippen LogP contribution is 2.33. The fourth-order valence-corrected chi connectivity index (χ4v) is 7.15. The van der Waals surface area contributed by atoms with Crippen molar-refractivity contribution in [1.29, 1.82) is 0 Å². The number of hydrogen-bond acceptors (Lipinski definition) is 9. The Balaban J connectivity index is 0.000000226. The number of likely N-dealkylation sites (tertiary alicyclic amines) is 1. The van der Waals surface area contributed by atoms with Gasteiger partial charge in [-0.25, -0.2) is 9.78 Å². The number of amides is 2. The molecular formula is C42H66N6O5. The number of piperidine rings is 1. The maximum atomic E-state index is 12.7. The van der Waals surface area contributed by atoms with Crippen molar-refractivity contribution in [1.82, 2.24) is 14.9 Å². The maximum absolute atomic E-state index is 12.7. The van der Waals surface area contributed by atoms with Gasteiger partial charge in [-0.2, -0.15) is 0 Å². The first-order chi connectivity index (χ1) is 25.4. The zero-order chi connectivity index (χ0) is 38.8. The number of carbonyl (C=O) groups is 2. The highest BCUT2D eigenvalue weighted by atomic mass is 16.5. The van der Waals surface area contributed by atoms with E-state index in [1.165, 1.54) is 57.5 Å². The van der Waals surface area contributed by atoms with Crippen molar-refractivity contribution in [3.63, 3.8) is 0 Å². The van der Waals surface area contributed by atoms with E-state index in [-0.39, 0.29) is 29.6 Å². The molecule has 1 aliphatic heterocycles. The number of aliphatic imine (C=N–C) groups is 1. The van der Waals surface area contributed by atoms with Crippen LogP contribution in [0.5, 0.6) is 5.75 Å². The first-order valence-corrected chi connectivity index (χ1v) is 19.6. The van der Waals surface area contributed by atoms with Gasteiger partial charge in [0.25, 0.3) is 0 Å². The van der Waals surface area contributed by atoms with Crippen LogP contribution in [0, 0.1) is 12.8 Å². The predicted octanol–water partition coefficient (Wildman–Crippen LogP) is 8.49. The predicted molar refractivity (Wildman–Crippen MR) is 215 cm³/mol. The van der Waals surface area contributed by atoms with Gasteiger partial charge in [-0.15, -0.1) is 0 Å². The minimum Gasteiger partial charge on any atom is -0.495 e. The molecule has 3 aliphatic rings. The summed E-state index contributed by atoms with van der Waals surface area (Å²) < 4.78 is 15.5. The van der Waals surface area contributed by atoms with Gasteiger partial charge in [0.2, 0.25) is 5.91 Å². The summed E-state index contributed by atoms with van der Waals surface area (Å²) in [6.07, 6.45) is 18.8. The van der Waals surface area contributed by atoms with E-state index in [1.807, 2.05) is 45.9 Å². The summed E-state index contributed by atoms with van der Waals surface area (Å²) in [7, 11) is 4.92. The Bertz CT molecular complexity index is 1470. The second-order valence-corrected chi connectivity index (χ2v) is 14.8. The Hall–Kier alpha value is -3.99. The molecule has 1 saturated heterocycles. The monoisotopic (exact) mass is 735 g/mol. The normalized spacial score (nSPS) is 18.1. The summed E-state index contributed by atoms with van der Waals surface area (Å²) in [5.74, 6) is 2.52. The van der Waals surface area contributed by atoms with E-state index < -0.39 is 0 Å². The van der Waals surface area contributed by atoms with Crippen molar-refractivity contribution < 1.29 is 23.8 Å². The molecule has 0 unspecified atom stereocenters. The van der Waals surface area contributed by atoms with Crippen LogP contribution in [-0.4, -0.2) is 85.7 Å². The van der Waals surface area contributed by atoms with Gasteiger partial charge in [0.15, 0.2) is 0 Å². The second-order valence-electron chi connectivity index (χ2n) is 14.8. The van der Waals surface area contributed by atoms with Crippen LogP contribution < -0.4 is 15.4 Å². The van der Waals surface area contributed by atoms with Gasteiger partial charge in [0.05, 0.1) is 25.5 Å². The average Bonchev–Trinajstić information content (AvgIpc) is 3.18. The van der Waals surface area contributed by atoms with Gasteiger partial charge in [0.1, 0.15) is 11.6 Å². The molecule has 294 valence electrons. The van der Waals surface area contributed by atoms with E-state index in [1.54, 1.807) is 36.4 Å². The Labute approximate surface area is 318 Å². The third-order valence-corrected chi connectivity index (χ3v) is 10.4. The number of allylic oxidation sites excluding steroid dienone is 1. The number of pyridine rings is 2. The van der Waals surface area contributed by atoms with E-state index in [4.69, 9.17) is 15.2 Å². The van der Waals surface area contributed by atoms with Gasteiger partial charge in [-0.3, -0.25) is 19.7 Å². The molecule has 0 bridgehead atoms. The molecular weight excluding hydrogens is 668 g/mol. The van der Waals surface area contributed by atoms with E-state index in [0.717, 1.165) is 80.8 Å². The molecule has 2 aromatic heterocycles. The molecule has 5 rings (SSSR count). The van der Waals surface area contributed by atoms with Crippen LogP contribution >= 0.6 is 0 Å². The van der Waals surface area contributed by atoms with Crippen LogP contribution in [0.4, 0.5) is 10.6 Å². The highest BCUT2D eigenvalue weighted by Gasteiger charge is 2.32. The Morgan fingerprint density at radius 3 is 2.23 bits per heavy atom.